The van der Waals surface area contributed by atoms with E-state index in [9.17, 15) is 5.11 Å². The van der Waals surface area contributed by atoms with Crippen LogP contribution in [-0.4, -0.2) is 11.2 Å². The van der Waals surface area contributed by atoms with Crippen molar-refractivity contribution in [2.24, 2.45) is 50.2 Å². The topological polar surface area (TPSA) is 20.2 Å². The summed E-state index contributed by atoms with van der Waals surface area (Å²) in [4.78, 5) is 0. The summed E-state index contributed by atoms with van der Waals surface area (Å²) in [5.41, 5.74) is 4.09. The minimum Gasteiger partial charge on any atom is -0.393 e. The van der Waals surface area contributed by atoms with Gasteiger partial charge in [-0.3, -0.25) is 0 Å². The molecule has 5 rings (SSSR count). The SMILES string of the molecule is CC1(C)CC[C@]2(C)CC[C@]3(C)C(=CC[C@@H]4[C@@]5(C)CC[C@@H](O)C(C)(C)[C@H]5CC[C@]43C)[C@@H]2C1. The van der Waals surface area contributed by atoms with Crippen LogP contribution in [0.5, 0.6) is 0 Å². The van der Waals surface area contributed by atoms with Crippen LogP contribution in [0, 0.1) is 50.2 Å². The smallest absolute Gasteiger partial charge is 0.0594 e. The molecule has 4 fully saturated rings. The minimum atomic E-state index is -0.125. The second-order valence-corrected chi connectivity index (χ2v) is 15.2. The summed E-state index contributed by atoms with van der Waals surface area (Å²) in [6.07, 6.45) is 15.9. The first kappa shape index (κ1) is 22.5. The van der Waals surface area contributed by atoms with Crippen molar-refractivity contribution in [1.82, 2.24) is 0 Å². The van der Waals surface area contributed by atoms with Crippen molar-refractivity contribution in [3.63, 3.8) is 0 Å². The van der Waals surface area contributed by atoms with E-state index in [2.05, 4.69) is 61.5 Å². The zero-order valence-electron chi connectivity index (χ0n) is 21.9. The van der Waals surface area contributed by atoms with Crippen LogP contribution in [0.2, 0.25) is 0 Å². The van der Waals surface area contributed by atoms with Crippen molar-refractivity contribution in [2.75, 3.05) is 0 Å². The Balaban J connectivity index is 1.57. The number of aliphatic hydroxyl groups is 1. The van der Waals surface area contributed by atoms with E-state index in [4.69, 9.17) is 0 Å². The van der Waals surface area contributed by atoms with Gasteiger partial charge in [-0.05, 0) is 114 Å². The number of allylic oxidation sites excluding steroid dienone is 2. The lowest BCUT2D eigenvalue weighted by atomic mass is 9.33. The highest BCUT2D eigenvalue weighted by Crippen LogP contribution is 2.75. The summed E-state index contributed by atoms with van der Waals surface area (Å²) in [7, 11) is 0. The van der Waals surface area contributed by atoms with Gasteiger partial charge in [-0.2, -0.15) is 0 Å². The minimum absolute atomic E-state index is 0.0533. The van der Waals surface area contributed by atoms with Gasteiger partial charge in [0.15, 0.2) is 0 Å². The average Bonchev–Trinajstić information content (AvgIpc) is 2.67. The quantitative estimate of drug-likeness (QED) is 0.387. The third-order valence-corrected chi connectivity index (χ3v) is 13.0. The molecule has 8 atom stereocenters. The maximum absolute atomic E-state index is 10.9. The fraction of sp³-hybridized carbons (Fsp3) is 0.933. The summed E-state index contributed by atoms with van der Waals surface area (Å²) >= 11 is 0. The van der Waals surface area contributed by atoms with Crippen LogP contribution in [0.15, 0.2) is 11.6 Å². The lowest BCUT2D eigenvalue weighted by molar-refractivity contribution is -0.202. The van der Waals surface area contributed by atoms with Gasteiger partial charge in [0.25, 0.3) is 0 Å². The van der Waals surface area contributed by atoms with Crippen molar-refractivity contribution < 1.29 is 5.11 Å². The van der Waals surface area contributed by atoms with Crippen molar-refractivity contribution in [3.8, 4) is 0 Å². The summed E-state index contributed by atoms with van der Waals surface area (Å²) in [6, 6.07) is 0. The van der Waals surface area contributed by atoms with Gasteiger partial charge < -0.3 is 5.11 Å². The Bertz CT molecular complexity index is 790. The fourth-order valence-electron chi connectivity index (χ4n) is 10.5. The highest BCUT2D eigenvalue weighted by molar-refractivity contribution is 5.33. The van der Waals surface area contributed by atoms with Gasteiger partial charge in [0, 0.05) is 0 Å². The summed E-state index contributed by atoms with van der Waals surface area (Å²) in [5, 5.41) is 10.9. The highest BCUT2D eigenvalue weighted by atomic mass is 16.3. The normalized spacial score (nSPS) is 55.2. The summed E-state index contributed by atoms with van der Waals surface area (Å²) < 4.78 is 0. The van der Waals surface area contributed by atoms with Crippen LogP contribution in [0.3, 0.4) is 0 Å². The molecule has 5 aliphatic rings. The molecule has 0 spiro atoms. The van der Waals surface area contributed by atoms with Crippen molar-refractivity contribution in [3.05, 3.63) is 11.6 Å². The maximum atomic E-state index is 10.9. The maximum Gasteiger partial charge on any atom is 0.0594 e. The lowest BCUT2D eigenvalue weighted by Gasteiger charge is -2.71. The second kappa shape index (κ2) is 6.43. The Morgan fingerprint density at radius 3 is 2.16 bits per heavy atom. The molecule has 0 radical (unpaired) electrons. The number of hydrogen-bond donors (Lipinski definition) is 1. The average molecular weight is 427 g/mol. The third kappa shape index (κ3) is 2.77. The van der Waals surface area contributed by atoms with Gasteiger partial charge >= 0.3 is 0 Å². The van der Waals surface area contributed by atoms with Crippen LogP contribution >= 0.6 is 0 Å². The van der Waals surface area contributed by atoms with Crippen LogP contribution in [0.1, 0.15) is 120 Å². The first-order chi connectivity index (χ1) is 14.2. The number of rotatable bonds is 0. The standard InChI is InChI=1S/C30H50O/c1-25(2)15-16-27(5)17-18-29(7)20(21(27)19-25)9-10-23-28(6)13-12-24(31)26(3,4)22(28)11-14-30(23,29)8/h9,21-24,31H,10-19H2,1-8H3/t21-,22+,23+,24+,27+,28-,29+,30+/m0/s1. The molecule has 0 aromatic heterocycles. The van der Waals surface area contributed by atoms with Crippen molar-refractivity contribution >= 4 is 0 Å². The molecule has 0 aromatic carbocycles. The molecular weight excluding hydrogens is 376 g/mol. The molecule has 0 unspecified atom stereocenters. The lowest BCUT2D eigenvalue weighted by Crippen LogP contribution is -2.64. The number of hydrogen-bond acceptors (Lipinski definition) is 1. The van der Waals surface area contributed by atoms with Gasteiger partial charge in [0.05, 0.1) is 6.10 Å². The molecule has 0 aromatic rings. The molecule has 0 heterocycles. The van der Waals surface area contributed by atoms with E-state index in [1.807, 2.05) is 5.57 Å². The molecule has 0 bridgehead atoms. The summed E-state index contributed by atoms with van der Waals surface area (Å²) in [5.74, 6) is 2.21. The second-order valence-electron chi connectivity index (χ2n) is 15.2. The van der Waals surface area contributed by atoms with Gasteiger partial charge in [-0.1, -0.05) is 67.0 Å². The highest BCUT2D eigenvalue weighted by Gasteiger charge is 2.67. The molecule has 176 valence electrons. The summed E-state index contributed by atoms with van der Waals surface area (Å²) in [6.45, 7) is 20.4. The molecule has 1 nitrogen and oxygen atoms in total. The number of fused-ring (bicyclic) bond motifs is 7. The Kier molecular flexibility index (Phi) is 4.66. The molecule has 1 N–H and O–H groups in total. The molecule has 0 amide bonds. The molecule has 0 saturated heterocycles. The van der Waals surface area contributed by atoms with E-state index in [1.54, 1.807) is 0 Å². The zero-order valence-corrected chi connectivity index (χ0v) is 21.9. The molecule has 31 heavy (non-hydrogen) atoms. The third-order valence-electron chi connectivity index (χ3n) is 13.0. The Morgan fingerprint density at radius 1 is 0.774 bits per heavy atom. The predicted molar refractivity (Wildman–Crippen MR) is 131 cm³/mol. The van der Waals surface area contributed by atoms with E-state index < -0.39 is 0 Å². The van der Waals surface area contributed by atoms with Gasteiger partial charge in [-0.25, -0.2) is 0 Å². The van der Waals surface area contributed by atoms with Crippen LogP contribution in [0.25, 0.3) is 0 Å². The van der Waals surface area contributed by atoms with Crippen molar-refractivity contribution in [1.29, 1.82) is 0 Å². The molecule has 5 aliphatic carbocycles. The van der Waals surface area contributed by atoms with Gasteiger partial charge in [0.2, 0.25) is 0 Å². The Morgan fingerprint density at radius 2 is 1.45 bits per heavy atom. The Hall–Kier alpha value is -0.300. The van der Waals surface area contributed by atoms with Gasteiger partial charge in [-0.15, -0.1) is 0 Å². The van der Waals surface area contributed by atoms with Crippen molar-refractivity contribution in [2.45, 2.75) is 126 Å². The van der Waals surface area contributed by atoms with E-state index in [1.165, 1.54) is 57.8 Å². The Labute approximate surface area is 192 Å². The molecule has 1 heteroatoms. The van der Waals surface area contributed by atoms with Crippen LogP contribution in [-0.2, 0) is 0 Å². The first-order valence-electron chi connectivity index (χ1n) is 13.6. The zero-order chi connectivity index (χ0) is 22.7. The molecular formula is C30H50O. The monoisotopic (exact) mass is 426 g/mol. The van der Waals surface area contributed by atoms with E-state index in [-0.39, 0.29) is 11.5 Å². The largest absolute Gasteiger partial charge is 0.393 e. The molecule has 0 aliphatic heterocycles. The predicted octanol–water partition coefficient (Wildman–Crippen LogP) is 8.17. The molecule has 4 saturated carbocycles. The number of aliphatic hydroxyl groups excluding tert-OH is 1. The fourth-order valence-corrected chi connectivity index (χ4v) is 10.5. The van der Waals surface area contributed by atoms with Gasteiger partial charge in [0.1, 0.15) is 0 Å². The van der Waals surface area contributed by atoms with E-state index in [0.717, 1.165) is 18.3 Å². The van der Waals surface area contributed by atoms with E-state index >= 15 is 0 Å². The van der Waals surface area contributed by atoms with Crippen LogP contribution in [0.4, 0.5) is 0 Å². The van der Waals surface area contributed by atoms with E-state index in [0.29, 0.717) is 33.0 Å². The first-order valence-corrected chi connectivity index (χ1v) is 13.6. The van der Waals surface area contributed by atoms with Crippen LogP contribution < -0.4 is 0 Å².